The molecular weight excluding hydrogens is 580 g/mol. The molecule has 0 aliphatic heterocycles. The summed E-state index contributed by atoms with van der Waals surface area (Å²) in [5.74, 6) is 0.443. The second kappa shape index (κ2) is 14.8. The number of non-ortho nitro benzene ring substituents is 1. The van der Waals surface area contributed by atoms with Gasteiger partial charge < -0.3 is 26.6 Å². The zero-order chi connectivity index (χ0) is 32.3. The van der Waals surface area contributed by atoms with Crippen molar-refractivity contribution in [1.29, 1.82) is 0 Å². The van der Waals surface area contributed by atoms with E-state index in [9.17, 15) is 20.3 Å². The van der Waals surface area contributed by atoms with Gasteiger partial charge in [0.25, 0.3) is 5.69 Å². The van der Waals surface area contributed by atoms with Crippen LogP contribution in [0.2, 0.25) is 0 Å². The number of pyridine rings is 2. The highest BCUT2D eigenvalue weighted by Gasteiger charge is 2.07. The number of nitrogen functional groups attached to an aromatic ring is 1. The Morgan fingerprint density at radius 2 is 1.11 bits per heavy atom. The van der Waals surface area contributed by atoms with Crippen molar-refractivity contribution >= 4 is 22.7 Å². The lowest BCUT2D eigenvalue weighted by atomic mass is 10.1. The number of nitrogens with one attached hydrogen (secondary N) is 2. The van der Waals surface area contributed by atoms with Crippen molar-refractivity contribution < 1.29 is 15.1 Å². The van der Waals surface area contributed by atoms with Crippen molar-refractivity contribution in [2.75, 3.05) is 16.4 Å². The van der Waals surface area contributed by atoms with Gasteiger partial charge in [-0.05, 0) is 70.8 Å². The standard InChI is InChI=1S/C18H15N3O3.C18H17N3O/c22-18-6-2-4-14(9-18)15-8-16(12-19-11-15)20-10-13-3-1-5-17(7-13)21(23)24;19-16-5-1-3-13(7-16)10-21-17-8-15(11-20-12-17)14-4-2-6-18(22)9-14/h1-9,11-12,20,22H,10H2;1-9,11-12,21-22H,10,19H2. The van der Waals surface area contributed by atoms with Crippen molar-refractivity contribution in [3.8, 4) is 33.8 Å². The first-order valence-corrected chi connectivity index (χ1v) is 14.4. The van der Waals surface area contributed by atoms with Gasteiger partial charge in [-0.25, -0.2) is 0 Å². The lowest BCUT2D eigenvalue weighted by molar-refractivity contribution is -0.384. The second-order valence-corrected chi connectivity index (χ2v) is 10.4. The van der Waals surface area contributed by atoms with Crippen LogP contribution >= 0.6 is 0 Å². The number of nitrogens with zero attached hydrogens (tertiary/aromatic N) is 3. The molecule has 6 aromatic rings. The van der Waals surface area contributed by atoms with Gasteiger partial charge in [-0.2, -0.15) is 0 Å². The molecule has 46 heavy (non-hydrogen) atoms. The zero-order valence-electron chi connectivity index (χ0n) is 24.7. The van der Waals surface area contributed by atoms with Crippen LogP contribution in [0.4, 0.5) is 22.7 Å². The van der Waals surface area contributed by atoms with Crippen LogP contribution in [0.3, 0.4) is 0 Å². The molecule has 0 atom stereocenters. The molecule has 230 valence electrons. The Labute approximate surface area is 266 Å². The third-order valence-corrected chi connectivity index (χ3v) is 6.90. The average Bonchev–Trinajstić information content (AvgIpc) is 3.07. The van der Waals surface area contributed by atoms with Crippen LogP contribution in [-0.4, -0.2) is 25.1 Å². The first kappa shape index (κ1) is 31.0. The normalized spacial score (nSPS) is 10.3. The summed E-state index contributed by atoms with van der Waals surface area (Å²) in [6, 6.07) is 32.3. The minimum absolute atomic E-state index is 0.0703. The number of nitro benzene ring substituents is 1. The topological polar surface area (TPSA) is 159 Å². The van der Waals surface area contributed by atoms with Gasteiger partial charge in [-0.1, -0.05) is 48.5 Å². The third-order valence-electron chi connectivity index (χ3n) is 6.90. The molecule has 0 spiro atoms. The van der Waals surface area contributed by atoms with Crippen molar-refractivity contribution in [3.63, 3.8) is 0 Å². The van der Waals surface area contributed by atoms with Crippen LogP contribution in [0.5, 0.6) is 11.5 Å². The fourth-order valence-electron chi connectivity index (χ4n) is 4.65. The Bertz CT molecular complexity index is 1950. The lowest BCUT2D eigenvalue weighted by Gasteiger charge is -2.09. The van der Waals surface area contributed by atoms with Crippen LogP contribution in [0.25, 0.3) is 22.3 Å². The quantitative estimate of drug-likeness (QED) is 0.0628. The number of nitro groups is 1. The molecule has 0 bridgehead atoms. The Morgan fingerprint density at radius 3 is 1.61 bits per heavy atom. The number of phenolic OH excluding ortho intramolecular Hbond substituents is 2. The molecule has 0 fully saturated rings. The van der Waals surface area contributed by atoms with E-state index in [1.165, 1.54) is 6.07 Å². The monoisotopic (exact) mass is 612 g/mol. The maximum absolute atomic E-state index is 10.8. The molecule has 0 radical (unpaired) electrons. The number of hydrogen-bond donors (Lipinski definition) is 5. The van der Waals surface area contributed by atoms with Crippen molar-refractivity contribution in [2.24, 2.45) is 0 Å². The predicted octanol–water partition coefficient (Wildman–Crippen LogP) is 7.62. The molecule has 10 nitrogen and oxygen atoms in total. The summed E-state index contributed by atoms with van der Waals surface area (Å²) in [6.07, 6.45) is 6.95. The summed E-state index contributed by atoms with van der Waals surface area (Å²) in [7, 11) is 0. The average molecular weight is 613 g/mol. The minimum atomic E-state index is -0.409. The highest BCUT2D eigenvalue weighted by molar-refractivity contribution is 5.69. The summed E-state index contributed by atoms with van der Waals surface area (Å²) in [6.45, 7) is 1.13. The van der Waals surface area contributed by atoms with Gasteiger partial charge >= 0.3 is 0 Å². The van der Waals surface area contributed by atoms with Gasteiger partial charge in [0.15, 0.2) is 0 Å². The van der Waals surface area contributed by atoms with Crippen LogP contribution in [0, 0.1) is 10.1 Å². The molecular formula is C36H32N6O4. The predicted molar refractivity (Wildman–Crippen MR) is 181 cm³/mol. The molecule has 0 aliphatic rings. The summed E-state index contributed by atoms with van der Waals surface area (Å²) >= 11 is 0. The third kappa shape index (κ3) is 8.80. The number of aromatic nitrogens is 2. The van der Waals surface area contributed by atoms with Crippen LogP contribution < -0.4 is 16.4 Å². The second-order valence-electron chi connectivity index (χ2n) is 10.4. The Morgan fingerprint density at radius 1 is 0.609 bits per heavy atom. The number of anilines is 3. The van der Waals surface area contributed by atoms with Gasteiger partial charge in [-0.15, -0.1) is 0 Å². The molecule has 0 unspecified atom stereocenters. The fraction of sp³-hybridized carbons (Fsp3) is 0.0556. The molecule has 0 amide bonds. The van der Waals surface area contributed by atoms with Gasteiger partial charge in [-0.3, -0.25) is 20.1 Å². The van der Waals surface area contributed by atoms with Crippen molar-refractivity contribution in [3.05, 3.63) is 155 Å². The smallest absolute Gasteiger partial charge is 0.269 e. The first-order chi connectivity index (χ1) is 22.3. The molecule has 0 aliphatic carbocycles. The molecule has 0 saturated heterocycles. The number of rotatable bonds is 9. The van der Waals surface area contributed by atoms with Gasteiger partial charge in [0.05, 0.1) is 16.3 Å². The van der Waals surface area contributed by atoms with Crippen LogP contribution in [0.15, 0.2) is 134 Å². The van der Waals surface area contributed by atoms with E-state index in [0.29, 0.717) is 13.1 Å². The van der Waals surface area contributed by atoms with Gasteiger partial charge in [0.2, 0.25) is 0 Å². The van der Waals surface area contributed by atoms with E-state index in [-0.39, 0.29) is 17.2 Å². The van der Waals surface area contributed by atoms with E-state index < -0.39 is 4.92 Å². The summed E-state index contributed by atoms with van der Waals surface area (Å²) in [5.41, 5.74) is 13.9. The maximum Gasteiger partial charge on any atom is 0.269 e. The molecule has 2 aromatic heterocycles. The molecule has 6 N–H and O–H groups in total. The molecule has 0 saturated carbocycles. The maximum atomic E-state index is 10.8. The van der Waals surface area contributed by atoms with E-state index in [4.69, 9.17) is 5.73 Å². The summed E-state index contributed by atoms with van der Waals surface area (Å²) < 4.78 is 0. The zero-order valence-corrected chi connectivity index (χ0v) is 24.7. The Hall–Kier alpha value is -6.42. The van der Waals surface area contributed by atoms with Crippen LogP contribution in [-0.2, 0) is 13.1 Å². The van der Waals surface area contributed by atoms with Crippen molar-refractivity contribution in [2.45, 2.75) is 13.1 Å². The van der Waals surface area contributed by atoms with Gasteiger partial charge in [0, 0.05) is 66.8 Å². The number of nitrogens with two attached hydrogens (primary N) is 1. The SMILES string of the molecule is Nc1cccc(CNc2cncc(-c3cccc(O)c3)c2)c1.O=[N+]([O-])c1cccc(CNc2cncc(-c3cccc(O)c3)c2)c1. The molecule has 2 heterocycles. The Balaban J connectivity index is 0.000000182. The molecule has 10 heteroatoms. The summed E-state index contributed by atoms with van der Waals surface area (Å²) in [4.78, 5) is 18.9. The summed E-state index contributed by atoms with van der Waals surface area (Å²) in [5, 5.41) is 36.5. The van der Waals surface area contributed by atoms with E-state index in [2.05, 4.69) is 20.6 Å². The first-order valence-electron chi connectivity index (χ1n) is 14.4. The lowest BCUT2D eigenvalue weighted by Crippen LogP contribution is -2.00. The number of hydrogen-bond acceptors (Lipinski definition) is 9. The minimum Gasteiger partial charge on any atom is -0.508 e. The van der Waals surface area contributed by atoms with E-state index in [0.717, 1.165) is 50.4 Å². The highest BCUT2D eigenvalue weighted by atomic mass is 16.6. The largest absolute Gasteiger partial charge is 0.508 e. The van der Waals surface area contributed by atoms with E-state index in [1.807, 2.05) is 60.7 Å². The number of aromatic hydroxyl groups is 2. The molecule has 4 aromatic carbocycles. The molecule has 6 rings (SSSR count). The van der Waals surface area contributed by atoms with Gasteiger partial charge in [0.1, 0.15) is 11.5 Å². The van der Waals surface area contributed by atoms with Crippen LogP contribution in [0.1, 0.15) is 11.1 Å². The Kier molecular flexibility index (Phi) is 10.0. The van der Waals surface area contributed by atoms with Crippen molar-refractivity contribution in [1.82, 2.24) is 9.97 Å². The van der Waals surface area contributed by atoms with E-state index >= 15 is 0 Å². The number of benzene rings is 4. The van der Waals surface area contributed by atoms with E-state index in [1.54, 1.807) is 67.3 Å². The fourth-order valence-corrected chi connectivity index (χ4v) is 4.65. The highest BCUT2D eigenvalue weighted by Crippen LogP contribution is 2.26. The number of phenols is 2.